The SMILES string of the molecule is COc1ccc(C)cc1N(CC(=O)N(Cc1cccc(Cl)c1)C(C)C(=O)NC(C)C)S(=O)(=O)c1ccc(C)cc1. The van der Waals surface area contributed by atoms with Gasteiger partial charge in [0, 0.05) is 17.6 Å². The highest BCUT2D eigenvalue weighted by Gasteiger charge is 2.34. The lowest BCUT2D eigenvalue weighted by molar-refractivity contribution is -0.139. The second kappa shape index (κ2) is 13.2. The molecule has 0 saturated carbocycles. The minimum atomic E-state index is -4.21. The molecule has 0 aliphatic heterocycles. The Morgan fingerprint density at radius 1 is 0.950 bits per heavy atom. The van der Waals surface area contributed by atoms with E-state index in [1.807, 2.05) is 27.7 Å². The van der Waals surface area contributed by atoms with E-state index in [9.17, 15) is 18.0 Å². The van der Waals surface area contributed by atoms with E-state index >= 15 is 0 Å². The fourth-order valence-electron chi connectivity index (χ4n) is 4.17. The zero-order chi connectivity index (χ0) is 29.6. The molecule has 0 aromatic heterocycles. The molecule has 0 radical (unpaired) electrons. The van der Waals surface area contributed by atoms with E-state index in [0.717, 1.165) is 15.4 Å². The van der Waals surface area contributed by atoms with Crippen LogP contribution < -0.4 is 14.4 Å². The van der Waals surface area contributed by atoms with Crippen molar-refractivity contribution in [3.05, 3.63) is 88.4 Å². The van der Waals surface area contributed by atoms with E-state index in [-0.39, 0.29) is 29.1 Å². The first-order chi connectivity index (χ1) is 18.8. The number of sulfonamides is 1. The highest BCUT2D eigenvalue weighted by molar-refractivity contribution is 7.92. The van der Waals surface area contributed by atoms with Gasteiger partial charge in [-0.2, -0.15) is 0 Å². The van der Waals surface area contributed by atoms with Gasteiger partial charge in [0.2, 0.25) is 11.8 Å². The van der Waals surface area contributed by atoms with Gasteiger partial charge in [0.1, 0.15) is 18.3 Å². The van der Waals surface area contributed by atoms with E-state index in [4.69, 9.17) is 16.3 Å². The summed E-state index contributed by atoms with van der Waals surface area (Å²) >= 11 is 6.19. The predicted octanol–water partition coefficient (Wildman–Crippen LogP) is 5.10. The van der Waals surface area contributed by atoms with Gasteiger partial charge < -0.3 is 15.0 Å². The molecule has 10 heteroatoms. The van der Waals surface area contributed by atoms with E-state index in [1.165, 1.54) is 24.1 Å². The molecule has 3 rings (SSSR count). The summed E-state index contributed by atoms with van der Waals surface area (Å²) in [5.41, 5.74) is 2.60. The minimum absolute atomic E-state index is 0.0291. The highest BCUT2D eigenvalue weighted by Crippen LogP contribution is 2.34. The number of amides is 2. The molecule has 0 fully saturated rings. The second-order valence-electron chi connectivity index (χ2n) is 9.99. The first-order valence-electron chi connectivity index (χ1n) is 12.9. The van der Waals surface area contributed by atoms with Gasteiger partial charge in [0.25, 0.3) is 10.0 Å². The second-order valence-corrected chi connectivity index (χ2v) is 12.3. The van der Waals surface area contributed by atoms with Crippen LogP contribution in [0, 0.1) is 13.8 Å². The van der Waals surface area contributed by atoms with Crippen LogP contribution in [0.4, 0.5) is 5.69 Å². The van der Waals surface area contributed by atoms with Crippen LogP contribution in [0.25, 0.3) is 0 Å². The van der Waals surface area contributed by atoms with Crippen molar-refractivity contribution in [2.75, 3.05) is 18.0 Å². The Labute approximate surface area is 241 Å². The zero-order valence-electron chi connectivity index (χ0n) is 23.6. The van der Waals surface area contributed by atoms with Crippen LogP contribution in [0.3, 0.4) is 0 Å². The van der Waals surface area contributed by atoms with E-state index in [1.54, 1.807) is 61.5 Å². The van der Waals surface area contributed by atoms with Crippen molar-refractivity contribution >= 4 is 39.1 Å². The molecular formula is C30H36ClN3O5S. The molecule has 0 aliphatic carbocycles. The molecule has 0 saturated heterocycles. The van der Waals surface area contributed by atoms with Crippen LogP contribution in [-0.4, -0.2) is 50.9 Å². The number of hydrogen-bond acceptors (Lipinski definition) is 5. The van der Waals surface area contributed by atoms with Crippen molar-refractivity contribution in [2.45, 2.75) is 58.1 Å². The number of ether oxygens (including phenoxy) is 1. The molecule has 0 bridgehead atoms. The number of benzene rings is 3. The lowest BCUT2D eigenvalue weighted by atomic mass is 10.1. The maximum Gasteiger partial charge on any atom is 0.264 e. The van der Waals surface area contributed by atoms with Gasteiger partial charge in [-0.25, -0.2) is 8.42 Å². The van der Waals surface area contributed by atoms with Crippen molar-refractivity contribution in [1.29, 1.82) is 0 Å². The molecule has 8 nitrogen and oxygen atoms in total. The molecule has 2 amide bonds. The third-order valence-corrected chi connectivity index (χ3v) is 8.34. The number of carbonyl (C=O) groups is 2. The van der Waals surface area contributed by atoms with Crippen molar-refractivity contribution < 1.29 is 22.7 Å². The van der Waals surface area contributed by atoms with Crippen molar-refractivity contribution in [2.24, 2.45) is 0 Å². The number of carbonyl (C=O) groups excluding carboxylic acids is 2. The van der Waals surface area contributed by atoms with Gasteiger partial charge in [0.15, 0.2) is 0 Å². The normalized spacial score (nSPS) is 12.1. The first kappa shape index (κ1) is 31.0. The largest absolute Gasteiger partial charge is 0.495 e. The summed E-state index contributed by atoms with van der Waals surface area (Å²) < 4.78 is 34.6. The number of hydrogen-bond donors (Lipinski definition) is 1. The fraction of sp³-hybridized carbons (Fsp3) is 0.333. The summed E-state index contributed by atoms with van der Waals surface area (Å²) in [5, 5.41) is 3.32. The number of nitrogens with one attached hydrogen (secondary N) is 1. The number of anilines is 1. The van der Waals surface area contributed by atoms with Crippen LogP contribution in [0.1, 0.15) is 37.5 Å². The first-order valence-corrected chi connectivity index (χ1v) is 14.7. The Morgan fingerprint density at radius 3 is 2.20 bits per heavy atom. The number of methoxy groups -OCH3 is 1. The monoisotopic (exact) mass is 585 g/mol. The third kappa shape index (κ3) is 7.55. The molecule has 40 heavy (non-hydrogen) atoms. The standard InChI is InChI=1S/C30H36ClN3O5S/c1-20(2)32-30(36)23(5)33(18-24-8-7-9-25(31)17-24)29(35)19-34(27-16-22(4)12-15-28(27)39-6)40(37,38)26-13-10-21(3)11-14-26/h7-17,20,23H,18-19H2,1-6H3,(H,32,36). The van der Waals surface area contributed by atoms with Gasteiger partial charge in [-0.3, -0.25) is 13.9 Å². The maximum atomic E-state index is 14.0. The Bertz CT molecular complexity index is 1460. The van der Waals surface area contributed by atoms with Gasteiger partial charge in [0.05, 0.1) is 17.7 Å². The average Bonchev–Trinajstić information content (AvgIpc) is 2.89. The lowest BCUT2D eigenvalue weighted by Crippen LogP contribution is -2.52. The summed E-state index contributed by atoms with van der Waals surface area (Å²) in [6.45, 7) is 8.45. The van der Waals surface area contributed by atoms with Gasteiger partial charge in [-0.15, -0.1) is 0 Å². The van der Waals surface area contributed by atoms with Crippen LogP contribution in [-0.2, 0) is 26.2 Å². The van der Waals surface area contributed by atoms with Gasteiger partial charge in [-0.05, 0) is 82.1 Å². The quantitative estimate of drug-likeness (QED) is 0.338. The number of nitrogens with zero attached hydrogens (tertiary/aromatic N) is 2. The molecule has 0 aliphatic rings. The fourth-order valence-corrected chi connectivity index (χ4v) is 5.79. The zero-order valence-corrected chi connectivity index (χ0v) is 25.2. The van der Waals surface area contributed by atoms with Crippen molar-refractivity contribution in [1.82, 2.24) is 10.2 Å². The topological polar surface area (TPSA) is 96.0 Å². The highest BCUT2D eigenvalue weighted by atomic mass is 35.5. The Balaban J connectivity index is 2.11. The van der Waals surface area contributed by atoms with Crippen molar-refractivity contribution in [3.63, 3.8) is 0 Å². The lowest BCUT2D eigenvalue weighted by Gasteiger charge is -2.32. The molecule has 3 aromatic carbocycles. The van der Waals surface area contributed by atoms with Crippen LogP contribution in [0.15, 0.2) is 71.6 Å². The summed E-state index contributed by atoms with van der Waals surface area (Å²) in [7, 11) is -2.77. The Hall–Kier alpha value is -3.56. The maximum absolute atomic E-state index is 14.0. The van der Waals surface area contributed by atoms with E-state index in [2.05, 4.69) is 5.32 Å². The van der Waals surface area contributed by atoms with E-state index in [0.29, 0.717) is 16.3 Å². The van der Waals surface area contributed by atoms with Gasteiger partial charge in [-0.1, -0.05) is 47.5 Å². The molecule has 0 heterocycles. The number of halogens is 1. The molecule has 1 unspecified atom stereocenters. The van der Waals surface area contributed by atoms with Crippen LogP contribution in [0.5, 0.6) is 5.75 Å². The number of rotatable bonds is 11. The smallest absolute Gasteiger partial charge is 0.264 e. The summed E-state index contributed by atoms with van der Waals surface area (Å²) in [6, 6.07) is 17.5. The summed E-state index contributed by atoms with van der Waals surface area (Å²) in [6.07, 6.45) is 0. The molecule has 214 valence electrons. The van der Waals surface area contributed by atoms with Crippen molar-refractivity contribution in [3.8, 4) is 5.75 Å². The van der Waals surface area contributed by atoms with Crippen LogP contribution >= 0.6 is 11.6 Å². The number of aryl methyl sites for hydroxylation is 2. The molecule has 0 spiro atoms. The third-order valence-electron chi connectivity index (χ3n) is 6.33. The minimum Gasteiger partial charge on any atom is -0.495 e. The molecule has 1 atom stereocenters. The predicted molar refractivity (Wildman–Crippen MR) is 158 cm³/mol. The summed E-state index contributed by atoms with van der Waals surface area (Å²) in [5.74, 6) is -0.627. The average molecular weight is 586 g/mol. The Kier molecular flexibility index (Phi) is 10.2. The van der Waals surface area contributed by atoms with Gasteiger partial charge >= 0.3 is 0 Å². The molecular weight excluding hydrogens is 550 g/mol. The van der Waals surface area contributed by atoms with Crippen LogP contribution in [0.2, 0.25) is 5.02 Å². The molecule has 1 N–H and O–H groups in total. The Morgan fingerprint density at radius 2 is 1.60 bits per heavy atom. The summed E-state index contributed by atoms with van der Waals surface area (Å²) in [4.78, 5) is 28.4. The van der Waals surface area contributed by atoms with E-state index < -0.39 is 28.5 Å². The molecule has 3 aromatic rings.